The fourth-order valence-electron chi connectivity index (χ4n) is 3.12. The number of rotatable bonds is 9. The van der Waals surface area contributed by atoms with Gasteiger partial charge in [0.1, 0.15) is 12.1 Å². The van der Waals surface area contributed by atoms with Crippen LogP contribution in [0.1, 0.15) is 5.56 Å². The van der Waals surface area contributed by atoms with Gasteiger partial charge >= 0.3 is 0 Å². The first kappa shape index (κ1) is 22.2. The van der Waals surface area contributed by atoms with Crippen molar-refractivity contribution >= 4 is 38.5 Å². The predicted octanol–water partition coefficient (Wildman–Crippen LogP) is 3.01. The molecule has 0 atom stereocenters. The molecular formula is C21H21ClN6O3S. The number of sulfonamides is 1. The van der Waals surface area contributed by atoms with E-state index >= 15 is 0 Å². The Balaban J connectivity index is 1.49. The molecule has 0 saturated carbocycles. The van der Waals surface area contributed by atoms with Gasteiger partial charge in [-0.1, -0.05) is 29.8 Å². The molecule has 0 unspecified atom stereocenters. The highest BCUT2D eigenvalue weighted by molar-refractivity contribution is 7.89. The molecule has 0 saturated heterocycles. The third kappa shape index (κ3) is 4.89. The van der Waals surface area contributed by atoms with Crippen LogP contribution in [-0.4, -0.2) is 48.4 Å². The zero-order valence-electron chi connectivity index (χ0n) is 17.2. The van der Waals surface area contributed by atoms with E-state index in [1.807, 2.05) is 18.2 Å². The summed E-state index contributed by atoms with van der Waals surface area (Å²) in [7, 11) is -2.05. The highest BCUT2D eigenvalue weighted by Crippen LogP contribution is 2.23. The van der Waals surface area contributed by atoms with Crippen LogP contribution in [0.2, 0.25) is 5.02 Å². The Kier molecular flexibility index (Phi) is 6.66. The van der Waals surface area contributed by atoms with Crippen LogP contribution < -0.4 is 10.0 Å². The molecule has 2 N–H and O–H groups in total. The maximum Gasteiger partial charge on any atom is 0.240 e. The number of nitrogens with zero attached hydrogens (tertiary/aromatic N) is 4. The summed E-state index contributed by atoms with van der Waals surface area (Å²) in [5, 5.41) is 9.06. The minimum Gasteiger partial charge on any atom is -0.383 e. The van der Waals surface area contributed by atoms with Gasteiger partial charge in [-0.25, -0.2) is 27.8 Å². The van der Waals surface area contributed by atoms with Crippen molar-refractivity contribution in [3.05, 3.63) is 71.6 Å². The maximum atomic E-state index is 12.3. The molecule has 32 heavy (non-hydrogen) atoms. The molecule has 0 spiro atoms. The molecule has 2 aromatic heterocycles. The summed E-state index contributed by atoms with van der Waals surface area (Å²) in [4.78, 5) is 8.88. The van der Waals surface area contributed by atoms with E-state index in [0.29, 0.717) is 29.6 Å². The van der Waals surface area contributed by atoms with Crippen LogP contribution in [-0.2, 0) is 21.3 Å². The number of anilines is 1. The topological polar surface area (TPSA) is 111 Å². The van der Waals surface area contributed by atoms with Gasteiger partial charge in [0, 0.05) is 25.2 Å². The van der Waals surface area contributed by atoms with Crippen LogP contribution in [0, 0.1) is 0 Å². The summed E-state index contributed by atoms with van der Waals surface area (Å²) in [5.41, 5.74) is 2.34. The van der Waals surface area contributed by atoms with Gasteiger partial charge in [0.2, 0.25) is 10.0 Å². The van der Waals surface area contributed by atoms with Crippen molar-refractivity contribution in [3.8, 4) is 5.69 Å². The van der Waals surface area contributed by atoms with E-state index in [0.717, 1.165) is 16.6 Å². The molecule has 9 nitrogen and oxygen atoms in total. The fraction of sp³-hybridized carbons (Fsp3) is 0.190. The second-order valence-corrected chi connectivity index (χ2v) is 9.09. The highest BCUT2D eigenvalue weighted by atomic mass is 35.5. The molecule has 11 heteroatoms. The van der Waals surface area contributed by atoms with Gasteiger partial charge in [0.05, 0.1) is 28.8 Å². The predicted molar refractivity (Wildman–Crippen MR) is 123 cm³/mol. The van der Waals surface area contributed by atoms with Gasteiger partial charge < -0.3 is 10.1 Å². The molecule has 0 radical (unpaired) electrons. The second-order valence-electron chi connectivity index (χ2n) is 6.88. The lowest BCUT2D eigenvalue weighted by atomic mass is 10.2. The molecule has 0 amide bonds. The summed E-state index contributed by atoms with van der Waals surface area (Å²) >= 11 is 6.10. The fourth-order valence-corrected chi connectivity index (χ4v) is 4.31. The van der Waals surface area contributed by atoms with Gasteiger partial charge in [0.25, 0.3) is 0 Å². The number of nitrogens with one attached hydrogen (secondary N) is 2. The number of hydrogen-bond acceptors (Lipinski definition) is 7. The van der Waals surface area contributed by atoms with E-state index in [9.17, 15) is 8.42 Å². The number of ether oxygens (including phenoxy) is 1. The molecule has 2 aromatic carbocycles. The van der Waals surface area contributed by atoms with Crippen molar-refractivity contribution in [2.24, 2.45) is 0 Å². The lowest BCUT2D eigenvalue weighted by molar-refractivity contribution is 0.204. The molecular weight excluding hydrogens is 452 g/mol. The SMILES string of the molecule is COCCNS(=O)(=O)c1ccc(CNc2ncnc3c2cnn3-c2cccc(Cl)c2)cc1. The van der Waals surface area contributed by atoms with Gasteiger partial charge in [-0.05, 0) is 35.9 Å². The number of hydrogen-bond donors (Lipinski definition) is 2. The first-order valence-corrected chi connectivity index (χ1v) is 11.6. The Morgan fingerprint density at radius 3 is 2.69 bits per heavy atom. The van der Waals surface area contributed by atoms with Crippen LogP contribution in [0.5, 0.6) is 0 Å². The molecule has 0 bridgehead atoms. The molecule has 0 aliphatic carbocycles. The molecule has 0 fully saturated rings. The van der Waals surface area contributed by atoms with Gasteiger partial charge in [-0.15, -0.1) is 0 Å². The van der Waals surface area contributed by atoms with Crippen molar-refractivity contribution in [2.75, 3.05) is 25.6 Å². The van der Waals surface area contributed by atoms with Crippen LogP contribution in [0.3, 0.4) is 0 Å². The van der Waals surface area contributed by atoms with Gasteiger partial charge in [-0.3, -0.25) is 0 Å². The van der Waals surface area contributed by atoms with E-state index in [4.69, 9.17) is 16.3 Å². The number of aromatic nitrogens is 4. The zero-order valence-corrected chi connectivity index (χ0v) is 18.8. The third-order valence-electron chi connectivity index (χ3n) is 4.71. The number of benzene rings is 2. The number of methoxy groups -OCH3 is 1. The molecule has 166 valence electrons. The quantitative estimate of drug-likeness (QED) is 0.360. The first-order valence-electron chi connectivity index (χ1n) is 9.74. The maximum absolute atomic E-state index is 12.3. The second kappa shape index (κ2) is 9.61. The average Bonchev–Trinajstić information content (AvgIpc) is 3.23. The molecule has 2 heterocycles. The van der Waals surface area contributed by atoms with E-state index < -0.39 is 10.0 Å². The minimum atomic E-state index is -3.56. The van der Waals surface area contributed by atoms with Crippen molar-refractivity contribution in [3.63, 3.8) is 0 Å². The Hall–Kier alpha value is -3.05. The van der Waals surface area contributed by atoms with E-state index in [2.05, 4.69) is 25.1 Å². The van der Waals surface area contributed by atoms with Crippen molar-refractivity contribution in [2.45, 2.75) is 11.4 Å². The van der Waals surface area contributed by atoms with Crippen LogP contribution in [0.25, 0.3) is 16.7 Å². The molecule has 0 aliphatic rings. The lowest BCUT2D eigenvalue weighted by Crippen LogP contribution is -2.27. The molecule has 4 rings (SSSR count). The molecule has 4 aromatic rings. The Morgan fingerprint density at radius 1 is 1.12 bits per heavy atom. The Labute approximate surface area is 190 Å². The average molecular weight is 473 g/mol. The zero-order chi connectivity index (χ0) is 22.6. The van der Waals surface area contributed by atoms with Crippen LogP contribution in [0.4, 0.5) is 5.82 Å². The normalized spacial score (nSPS) is 11.7. The Bertz CT molecular complexity index is 1330. The van der Waals surface area contributed by atoms with Gasteiger partial charge in [-0.2, -0.15) is 5.10 Å². The summed E-state index contributed by atoms with van der Waals surface area (Å²) in [6, 6.07) is 14.0. The van der Waals surface area contributed by atoms with Crippen LogP contribution >= 0.6 is 11.6 Å². The van der Waals surface area contributed by atoms with Gasteiger partial charge in [0.15, 0.2) is 5.65 Å². The van der Waals surface area contributed by atoms with Crippen molar-refractivity contribution in [1.82, 2.24) is 24.5 Å². The summed E-state index contributed by atoms with van der Waals surface area (Å²) in [5.74, 6) is 0.626. The Morgan fingerprint density at radius 2 is 1.94 bits per heavy atom. The third-order valence-corrected chi connectivity index (χ3v) is 6.42. The lowest BCUT2D eigenvalue weighted by Gasteiger charge is -2.09. The van der Waals surface area contributed by atoms with Crippen molar-refractivity contribution < 1.29 is 13.2 Å². The van der Waals surface area contributed by atoms with E-state index in [-0.39, 0.29) is 11.4 Å². The standard InChI is InChI=1S/C21H21ClN6O3S/c1-31-10-9-27-32(29,30)18-7-5-15(6-8-18)12-23-20-19-13-26-28(21(19)25-14-24-20)17-4-2-3-16(22)11-17/h2-8,11,13-14,27H,9-10,12H2,1H3,(H,23,24,25). The number of fused-ring (bicyclic) bond motifs is 1. The minimum absolute atomic E-state index is 0.199. The molecule has 0 aliphatic heterocycles. The first-order chi connectivity index (χ1) is 15.5. The van der Waals surface area contributed by atoms with E-state index in [1.54, 1.807) is 41.2 Å². The summed E-state index contributed by atoms with van der Waals surface area (Å²) in [6.45, 7) is 0.975. The van der Waals surface area contributed by atoms with Crippen LogP contribution in [0.15, 0.2) is 66.0 Å². The number of halogens is 1. The summed E-state index contributed by atoms with van der Waals surface area (Å²) in [6.07, 6.45) is 3.16. The largest absolute Gasteiger partial charge is 0.383 e. The summed E-state index contributed by atoms with van der Waals surface area (Å²) < 4.78 is 33.6. The monoisotopic (exact) mass is 472 g/mol. The van der Waals surface area contributed by atoms with Crippen molar-refractivity contribution in [1.29, 1.82) is 0 Å². The van der Waals surface area contributed by atoms with E-state index in [1.165, 1.54) is 13.4 Å². The smallest absolute Gasteiger partial charge is 0.240 e. The highest BCUT2D eigenvalue weighted by Gasteiger charge is 2.14.